The molecule has 0 N–H and O–H groups in total. The van der Waals surface area contributed by atoms with Crippen LogP contribution in [0, 0.1) is 0 Å². The van der Waals surface area contributed by atoms with Gasteiger partial charge >= 0.3 is 29.6 Å². The molecule has 0 bridgehead atoms. The van der Waals surface area contributed by atoms with Crippen LogP contribution in [0.5, 0.6) is 0 Å². The molecule has 0 amide bonds. The predicted molar refractivity (Wildman–Crippen MR) is 7.61 cm³/mol. The minimum Gasteiger partial charge on any atom is -0.822 e. The van der Waals surface area contributed by atoms with Gasteiger partial charge in [-0.3, -0.25) is 0 Å². The first-order valence-electron chi connectivity index (χ1n) is 0.730. The summed E-state index contributed by atoms with van der Waals surface area (Å²) < 4.78 is 8.55. The fraction of sp³-hybridized carbons (Fsp3) is 0. The molecule has 0 aromatic carbocycles. The largest absolute Gasteiger partial charge is 1.00 e. The summed E-state index contributed by atoms with van der Waals surface area (Å²) in [4.78, 5) is 25.6. The van der Waals surface area contributed by atoms with E-state index >= 15 is 0 Å². The minimum atomic E-state index is -5.39. The molecule has 0 aliphatic carbocycles. The van der Waals surface area contributed by atoms with Gasteiger partial charge in [0.1, 0.15) is 0 Å². The summed E-state index contributed by atoms with van der Waals surface area (Å²) in [5.74, 6) is 0. The molecule has 0 aromatic rings. The normalized spacial score (nSPS) is 7.38. The molecule has 8 heteroatoms. The van der Waals surface area contributed by atoms with Crippen molar-refractivity contribution in [3.8, 4) is 0 Å². The SMILES string of the molecule is O=P([O-])([O-])[O-].[Na+].[V].[V]. The van der Waals surface area contributed by atoms with E-state index in [0.717, 1.165) is 0 Å². The van der Waals surface area contributed by atoms with Crippen LogP contribution < -0.4 is 44.2 Å². The summed E-state index contributed by atoms with van der Waals surface area (Å²) in [6.45, 7) is 0. The van der Waals surface area contributed by atoms with Crippen LogP contribution >= 0.6 is 7.82 Å². The van der Waals surface area contributed by atoms with Crippen molar-refractivity contribution in [3.63, 3.8) is 0 Å². The van der Waals surface area contributed by atoms with Crippen LogP contribution in [0.3, 0.4) is 0 Å². The van der Waals surface area contributed by atoms with Crippen molar-refractivity contribution in [1.82, 2.24) is 0 Å². The van der Waals surface area contributed by atoms with Crippen LogP contribution in [-0.4, -0.2) is 0 Å². The van der Waals surface area contributed by atoms with Crippen LogP contribution in [0.2, 0.25) is 0 Å². The van der Waals surface area contributed by atoms with E-state index < -0.39 is 7.82 Å². The monoisotopic (exact) mass is 220 g/mol. The molecule has 8 heavy (non-hydrogen) atoms. The van der Waals surface area contributed by atoms with Crippen molar-refractivity contribution in [3.05, 3.63) is 0 Å². The Morgan fingerprint density at radius 1 is 1.00 bits per heavy atom. The van der Waals surface area contributed by atoms with Crippen molar-refractivity contribution >= 4 is 7.82 Å². The van der Waals surface area contributed by atoms with Crippen LogP contribution in [0.15, 0.2) is 0 Å². The first kappa shape index (κ1) is 22.4. The average Bonchev–Trinajstić information content (AvgIpc) is 0.722. The first-order chi connectivity index (χ1) is 2.00. The Hall–Kier alpha value is 2.28. The van der Waals surface area contributed by atoms with Gasteiger partial charge in [0.15, 0.2) is 0 Å². The summed E-state index contributed by atoms with van der Waals surface area (Å²) in [6.07, 6.45) is 0. The maximum Gasteiger partial charge on any atom is 1.00 e. The van der Waals surface area contributed by atoms with Crippen LogP contribution in [0.1, 0.15) is 0 Å². The van der Waals surface area contributed by atoms with Crippen molar-refractivity contribution in [2.45, 2.75) is 0 Å². The van der Waals surface area contributed by atoms with Gasteiger partial charge in [-0.2, -0.15) is 7.82 Å². The summed E-state index contributed by atoms with van der Waals surface area (Å²) in [5.41, 5.74) is 0. The fourth-order valence-corrected chi connectivity index (χ4v) is 0. The fourth-order valence-electron chi connectivity index (χ4n) is 0. The molecule has 0 aromatic heterocycles. The molecule has 42 valence electrons. The van der Waals surface area contributed by atoms with Gasteiger partial charge < -0.3 is 19.2 Å². The first-order valence-corrected chi connectivity index (χ1v) is 2.19. The Labute approximate surface area is 92.7 Å². The van der Waals surface area contributed by atoms with Gasteiger partial charge in [0, 0.05) is 37.1 Å². The second kappa shape index (κ2) is 9.28. The Kier molecular flexibility index (Phi) is 26.0. The Morgan fingerprint density at radius 2 is 1.00 bits per heavy atom. The molecule has 0 saturated carbocycles. The maximum atomic E-state index is 8.55. The zero-order valence-corrected chi connectivity index (χ0v) is 9.66. The average molecular weight is 220 g/mol. The Morgan fingerprint density at radius 3 is 1.00 bits per heavy atom. The zero-order chi connectivity index (χ0) is 4.50. The third kappa shape index (κ3) is 84.5. The standard InChI is InChI=1S/Na.H3O4P.2V/c;1-5(2,3)4;;/h;(H3,1,2,3,4);;/q+1;;;/p-3. The molecule has 0 heterocycles. The van der Waals surface area contributed by atoms with E-state index in [1.165, 1.54) is 0 Å². The van der Waals surface area contributed by atoms with E-state index in [1.54, 1.807) is 0 Å². The number of hydrogen-bond donors (Lipinski definition) is 0. The van der Waals surface area contributed by atoms with Crippen LogP contribution in [0.4, 0.5) is 0 Å². The van der Waals surface area contributed by atoms with Gasteiger partial charge in [0.25, 0.3) is 0 Å². The second-order valence-corrected chi connectivity index (χ2v) is 1.34. The zero-order valence-electron chi connectivity index (χ0n) is 3.97. The molecule has 0 fully saturated rings. The van der Waals surface area contributed by atoms with Crippen molar-refractivity contribution < 1.29 is 85.9 Å². The van der Waals surface area contributed by atoms with Gasteiger partial charge in [-0.15, -0.1) is 0 Å². The van der Waals surface area contributed by atoms with Crippen LogP contribution in [-0.2, 0) is 41.7 Å². The molecule has 0 spiro atoms. The summed E-state index contributed by atoms with van der Waals surface area (Å²) in [7, 11) is -5.39. The molecule has 2 radical (unpaired) electrons. The van der Waals surface area contributed by atoms with Gasteiger partial charge in [-0.05, 0) is 0 Å². The summed E-state index contributed by atoms with van der Waals surface area (Å²) >= 11 is 0. The molecule has 0 unspecified atom stereocenters. The van der Waals surface area contributed by atoms with Gasteiger partial charge in [-0.1, -0.05) is 0 Å². The molecule has 0 aliphatic rings. The van der Waals surface area contributed by atoms with E-state index in [1.807, 2.05) is 0 Å². The van der Waals surface area contributed by atoms with E-state index in [4.69, 9.17) is 19.2 Å². The van der Waals surface area contributed by atoms with Crippen molar-refractivity contribution in [1.29, 1.82) is 0 Å². The molecule has 4 nitrogen and oxygen atoms in total. The summed E-state index contributed by atoms with van der Waals surface area (Å²) in [6, 6.07) is 0. The Bertz CT molecular complexity index is 60.2. The maximum absolute atomic E-state index is 8.55. The minimum absolute atomic E-state index is 0. The van der Waals surface area contributed by atoms with E-state index in [2.05, 4.69) is 0 Å². The smallest absolute Gasteiger partial charge is 0.822 e. The third-order valence-corrected chi connectivity index (χ3v) is 0. The summed E-state index contributed by atoms with van der Waals surface area (Å²) in [5, 5.41) is 0. The van der Waals surface area contributed by atoms with E-state index in [9.17, 15) is 0 Å². The van der Waals surface area contributed by atoms with E-state index in [0.29, 0.717) is 0 Å². The molecular weight excluding hydrogens is 220 g/mol. The number of hydrogen-bond acceptors (Lipinski definition) is 4. The molecule has 0 saturated heterocycles. The van der Waals surface area contributed by atoms with Crippen molar-refractivity contribution in [2.24, 2.45) is 0 Å². The molecule has 0 atom stereocenters. The molecule has 0 aliphatic heterocycles. The number of rotatable bonds is 0. The van der Waals surface area contributed by atoms with Gasteiger partial charge in [0.2, 0.25) is 0 Å². The molecule has 0 rings (SSSR count). The Balaban J connectivity index is -0.0000000267. The van der Waals surface area contributed by atoms with Gasteiger partial charge in [-0.25, -0.2) is 0 Å². The quantitative estimate of drug-likeness (QED) is 0.300. The van der Waals surface area contributed by atoms with Crippen LogP contribution in [0.25, 0.3) is 0 Å². The molecular formula is NaO4PV2-2. The topological polar surface area (TPSA) is 86.2 Å². The third-order valence-electron chi connectivity index (χ3n) is 0. The predicted octanol–water partition coefficient (Wildman–Crippen LogP) is -5.83. The van der Waals surface area contributed by atoms with E-state index in [-0.39, 0.29) is 66.7 Å². The van der Waals surface area contributed by atoms with Gasteiger partial charge in [0.05, 0.1) is 0 Å². The van der Waals surface area contributed by atoms with Crippen molar-refractivity contribution in [2.75, 3.05) is 0 Å². The number of phosphoric acid groups is 1. The second-order valence-electron chi connectivity index (χ2n) is 0.447.